The third kappa shape index (κ3) is 5.97. The van der Waals surface area contributed by atoms with Gasteiger partial charge in [-0.2, -0.15) is 4.98 Å². The van der Waals surface area contributed by atoms with Crippen molar-refractivity contribution in [3.05, 3.63) is 71.7 Å². The van der Waals surface area contributed by atoms with Crippen molar-refractivity contribution in [2.24, 2.45) is 0 Å². The van der Waals surface area contributed by atoms with E-state index < -0.39 is 11.6 Å². The van der Waals surface area contributed by atoms with Gasteiger partial charge in [-0.15, -0.1) is 0 Å². The van der Waals surface area contributed by atoms with Gasteiger partial charge in [0, 0.05) is 81.9 Å². The summed E-state index contributed by atoms with van der Waals surface area (Å²) in [5.41, 5.74) is 2.13. The Morgan fingerprint density at radius 2 is 1.57 bits per heavy atom. The summed E-state index contributed by atoms with van der Waals surface area (Å²) < 4.78 is 37.1. The van der Waals surface area contributed by atoms with E-state index in [1.165, 1.54) is 12.1 Å². The number of anilines is 2. The molecule has 1 aromatic carbocycles. The fraction of sp³-hybridized carbons (Fsp3) is 0.414. The van der Waals surface area contributed by atoms with Crippen LogP contribution >= 0.6 is 0 Å². The van der Waals surface area contributed by atoms with E-state index >= 15 is 8.78 Å². The molecular weight excluding hydrogens is 514 g/mol. The molecule has 210 valence electrons. The van der Waals surface area contributed by atoms with Crippen molar-refractivity contribution < 1.29 is 13.5 Å². The van der Waals surface area contributed by atoms with Crippen LogP contribution in [-0.2, 0) is 17.8 Å². The van der Waals surface area contributed by atoms with Gasteiger partial charge in [0.25, 0.3) is 0 Å². The summed E-state index contributed by atoms with van der Waals surface area (Å²) in [7, 11) is 0. The fourth-order valence-corrected chi connectivity index (χ4v) is 5.28. The highest BCUT2D eigenvalue weighted by atomic mass is 19.1. The summed E-state index contributed by atoms with van der Waals surface area (Å²) in [6, 6.07) is 8.52. The minimum absolute atomic E-state index is 0.0665. The van der Waals surface area contributed by atoms with Gasteiger partial charge in [0.05, 0.1) is 18.9 Å². The van der Waals surface area contributed by atoms with Crippen molar-refractivity contribution in [3.63, 3.8) is 0 Å². The number of hydrogen-bond donors (Lipinski definition) is 1. The lowest BCUT2D eigenvalue weighted by Crippen LogP contribution is -2.45. The molecular formula is C29H34F2N8O. The van der Waals surface area contributed by atoms with E-state index in [0.29, 0.717) is 49.4 Å². The lowest BCUT2D eigenvalue weighted by Gasteiger charge is -2.33. The minimum Gasteiger partial charge on any atom is -0.379 e. The summed E-state index contributed by atoms with van der Waals surface area (Å²) in [6.45, 7) is 11.2. The number of fused-ring (bicyclic) bond motifs is 1. The van der Waals surface area contributed by atoms with Gasteiger partial charge in [-0.25, -0.2) is 18.7 Å². The average Bonchev–Trinajstić information content (AvgIpc) is 3.40. The Balaban J connectivity index is 1.16. The molecule has 1 N–H and O–H groups in total. The first-order valence-electron chi connectivity index (χ1n) is 13.8. The standard InChI is InChI=1S/C29H34F2N8O/c1-2-36-7-9-37(10-8-36)19-21-3-4-27(32-17-21)34-29-33-18-22-5-6-39(28(22)35-29)23-15-25(30)24(26(31)16-23)20-38-11-13-40-14-12-38/h3-6,15-18H,2,7-14,19-20H2,1H3,(H,32,33,34,35). The van der Waals surface area contributed by atoms with Gasteiger partial charge in [-0.3, -0.25) is 9.80 Å². The molecule has 0 aliphatic carbocycles. The van der Waals surface area contributed by atoms with E-state index in [1.54, 1.807) is 17.0 Å². The van der Waals surface area contributed by atoms with Crippen LogP contribution in [0.25, 0.3) is 16.7 Å². The van der Waals surface area contributed by atoms with Crippen molar-refractivity contribution in [3.8, 4) is 5.69 Å². The van der Waals surface area contributed by atoms with Gasteiger partial charge in [0.1, 0.15) is 23.1 Å². The van der Waals surface area contributed by atoms with Gasteiger partial charge in [-0.05, 0) is 36.4 Å². The second-order valence-corrected chi connectivity index (χ2v) is 10.3. The smallest absolute Gasteiger partial charge is 0.230 e. The number of halogens is 2. The molecule has 0 saturated carbocycles. The number of rotatable bonds is 8. The number of piperazine rings is 1. The van der Waals surface area contributed by atoms with Crippen molar-refractivity contribution >= 4 is 22.8 Å². The number of aromatic nitrogens is 4. The molecule has 2 aliphatic heterocycles. The molecule has 11 heteroatoms. The maximum atomic E-state index is 15.1. The first kappa shape index (κ1) is 26.7. The first-order chi connectivity index (χ1) is 19.6. The number of pyridine rings is 1. The summed E-state index contributed by atoms with van der Waals surface area (Å²) >= 11 is 0. The van der Waals surface area contributed by atoms with E-state index in [9.17, 15) is 0 Å². The summed E-state index contributed by atoms with van der Waals surface area (Å²) in [6.07, 6.45) is 5.30. The van der Waals surface area contributed by atoms with Crippen molar-refractivity contribution in [2.45, 2.75) is 20.0 Å². The topological polar surface area (TPSA) is 74.6 Å². The molecule has 2 fully saturated rings. The molecule has 40 heavy (non-hydrogen) atoms. The third-order valence-corrected chi connectivity index (χ3v) is 7.70. The van der Waals surface area contributed by atoms with Crippen LogP contribution in [0.1, 0.15) is 18.1 Å². The molecule has 2 aliphatic rings. The number of nitrogens with zero attached hydrogens (tertiary/aromatic N) is 7. The first-order valence-corrected chi connectivity index (χ1v) is 13.8. The number of ether oxygens (including phenoxy) is 1. The van der Waals surface area contributed by atoms with E-state index in [0.717, 1.165) is 50.2 Å². The number of hydrogen-bond acceptors (Lipinski definition) is 8. The summed E-state index contributed by atoms with van der Waals surface area (Å²) in [4.78, 5) is 20.5. The van der Waals surface area contributed by atoms with Crippen LogP contribution in [0.3, 0.4) is 0 Å². The molecule has 0 amide bonds. The lowest BCUT2D eigenvalue weighted by atomic mass is 10.1. The normalized spacial score (nSPS) is 17.5. The van der Waals surface area contributed by atoms with Crippen LogP contribution in [0.2, 0.25) is 0 Å². The van der Waals surface area contributed by atoms with Crippen LogP contribution in [0, 0.1) is 11.6 Å². The van der Waals surface area contributed by atoms with Crippen LogP contribution in [-0.4, -0.2) is 93.2 Å². The van der Waals surface area contributed by atoms with Crippen molar-refractivity contribution in [2.75, 3.05) is 64.3 Å². The zero-order chi connectivity index (χ0) is 27.5. The monoisotopic (exact) mass is 548 g/mol. The molecule has 0 radical (unpaired) electrons. The predicted octanol–water partition coefficient (Wildman–Crippen LogP) is 3.81. The molecule has 3 aromatic heterocycles. The maximum absolute atomic E-state index is 15.1. The van der Waals surface area contributed by atoms with Crippen LogP contribution in [0.15, 0.2) is 48.9 Å². The number of benzene rings is 1. The summed E-state index contributed by atoms with van der Waals surface area (Å²) in [5.74, 6) is -0.172. The van der Waals surface area contributed by atoms with Gasteiger partial charge in [0.15, 0.2) is 0 Å². The number of nitrogens with one attached hydrogen (secondary N) is 1. The van der Waals surface area contributed by atoms with E-state index in [2.05, 4.69) is 43.1 Å². The molecule has 2 saturated heterocycles. The Morgan fingerprint density at radius 3 is 2.27 bits per heavy atom. The Bertz CT molecular complexity index is 1420. The van der Waals surface area contributed by atoms with E-state index in [1.807, 2.05) is 23.2 Å². The quantitative estimate of drug-likeness (QED) is 0.357. The zero-order valence-corrected chi connectivity index (χ0v) is 22.7. The molecule has 0 bridgehead atoms. The Kier molecular flexibility index (Phi) is 7.96. The van der Waals surface area contributed by atoms with Crippen LogP contribution in [0.5, 0.6) is 0 Å². The van der Waals surface area contributed by atoms with Gasteiger partial charge >= 0.3 is 0 Å². The second kappa shape index (κ2) is 11.9. The Labute approximate surface area is 232 Å². The van der Waals surface area contributed by atoms with Gasteiger partial charge in [-0.1, -0.05) is 13.0 Å². The molecule has 5 heterocycles. The summed E-state index contributed by atoms with van der Waals surface area (Å²) in [5, 5.41) is 3.91. The van der Waals surface area contributed by atoms with Gasteiger partial charge < -0.3 is 19.5 Å². The molecule has 6 rings (SSSR count). The second-order valence-electron chi connectivity index (χ2n) is 10.3. The maximum Gasteiger partial charge on any atom is 0.230 e. The zero-order valence-electron chi connectivity index (χ0n) is 22.7. The molecule has 0 atom stereocenters. The lowest BCUT2D eigenvalue weighted by molar-refractivity contribution is 0.0332. The highest BCUT2D eigenvalue weighted by Crippen LogP contribution is 2.25. The average molecular weight is 549 g/mol. The van der Waals surface area contributed by atoms with Crippen LogP contribution in [0.4, 0.5) is 20.5 Å². The molecule has 0 unspecified atom stereocenters. The molecule has 9 nitrogen and oxygen atoms in total. The predicted molar refractivity (Wildman–Crippen MR) is 150 cm³/mol. The SMILES string of the molecule is CCN1CCN(Cc2ccc(Nc3ncc4ccn(-c5cc(F)c(CN6CCOCC6)c(F)c5)c4n3)nc2)CC1. The Morgan fingerprint density at radius 1 is 0.850 bits per heavy atom. The Hall–Kier alpha value is -3.51. The molecule has 0 spiro atoms. The third-order valence-electron chi connectivity index (χ3n) is 7.70. The van der Waals surface area contributed by atoms with Crippen molar-refractivity contribution in [1.82, 2.24) is 34.2 Å². The largest absolute Gasteiger partial charge is 0.379 e. The van der Waals surface area contributed by atoms with E-state index in [-0.39, 0.29) is 12.1 Å². The van der Waals surface area contributed by atoms with Crippen LogP contribution < -0.4 is 5.32 Å². The number of morpholine rings is 1. The van der Waals surface area contributed by atoms with Crippen molar-refractivity contribution in [1.29, 1.82) is 0 Å². The fourth-order valence-electron chi connectivity index (χ4n) is 5.28. The highest BCUT2D eigenvalue weighted by Gasteiger charge is 2.19. The van der Waals surface area contributed by atoms with E-state index in [4.69, 9.17) is 4.74 Å². The minimum atomic E-state index is -0.577. The number of likely N-dealkylation sites (N-methyl/N-ethyl adjacent to an activating group) is 1. The molecule has 4 aromatic rings. The highest BCUT2D eigenvalue weighted by molar-refractivity contribution is 5.78. The van der Waals surface area contributed by atoms with Gasteiger partial charge in [0.2, 0.25) is 5.95 Å².